The number of para-hydroxylation sites is 1. The zero-order valence-corrected chi connectivity index (χ0v) is 14.9. The van der Waals surface area contributed by atoms with Gasteiger partial charge in [0.15, 0.2) is 6.61 Å². The molecular weight excluding hydrogens is 358 g/mol. The maximum Gasteiger partial charge on any atom is 0.259 e. The molecule has 3 rings (SSSR count). The Morgan fingerprint density at radius 2 is 2.04 bits per heavy atom. The van der Waals surface area contributed by atoms with Gasteiger partial charge in [0.2, 0.25) is 11.7 Å². The number of nitrogens with one attached hydrogen (secondary N) is 1. The highest BCUT2D eigenvalue weighted by atomic mass is 35.5. The van der Waals surface area contributed by atoms with Gasteiger partial charge in [0.05, 0.1) is 18.4 Å². The molecule has 7 nitrogen and oxygen atoms in total. The molecule has 0 aliphatic rings. The molecule has 1 amide bonds. The van der Waals surface area contributed by atoms with Crippen LogP contribution in [-0.2, 0) is 6.61 Å². The van der Waals surface area contributed by atoms with E-state index in [2.05, 4.69) is 15.5 Å². The topological polar surface area (TPSA) is 86.5 Å². The van der Waals surface area contributed by atoms with Gasteiger partial charge in [0.25, 0.3) is 5.91 Å². The number of ether oxygens (including phenoxy) is 2. The fourth-order valence-electron chi connectivity index (χ4n) is 2.29. The van der Waals surface area contributed by atoms with E-state index in [9.17, 15) is 4.79 Å². The van der Waals surface area contributed by atoms with E-state index in [1.54, 1.807) is 49.4 Å². The lowest BCUT2D eigenvalue weighted by atomic mass is 10.1. The minimum Gasteiger partial charge on any atom is -0.495 e. The first-order valence-corrected chi connectivity index (χ1v) is 8.10. The van der Waals surface area contributed by atoms with Crippen molar-refractivity contribution in [1.29, 1.82) is 0 Å². The van der Waals surface area contributed by atoms with Crippen LogP contribution in [0.3, 0.4) is 0 Å². The number of nitrogens with zero attached hydrogens (tertiary/aromatic N) is 2. The number of amides is 1. The van der Waals surface area contributed by atoms with E-state index in [-0.39, 0.29) is 12.5 Å². The molecule has 2 aromatic carbocycles. The van der Waals surface area contributed by atoms with Crippen LogP contribution >= 0.6 is 11.6 Å². The monoisotopic (exact) mass is 373 g/mol. The Balaban J connectivity index is 1.78. The third-order valence-electron chi connectivity index (χ3n) is 3.47. The lowest BCUT2D eigenvalue weighted by Crippen LogP contribution is -2.14. The highest BCUT2D eigenvalue weighted by Gasteiger charge is 2.15. The number of rotatable bonds is 6. The van der Waals surface area contributed by atoms with E-state index in [1.807, 2.05) is 0 Å². The summed E-state index contributed by atoms with van der Waals surface area (Å²) in [7, 11) is 1.52. The summed E-state index contributed by atoms with van der Waals surface area (Å²) in [5.74, 6) is 1.39. The van der Waals surface area contributed by atoms with Gasteiger partial charge >= 0.3 is 0 Å². The number of hydrogen-bond donors (Lipinski definition) is 1. The number of aromatic nitrogens is 2. The van der Waals surface area contributed by atoms with Crippen LogP contribution in [0.5, 0.6) is 11.5 Å². The predicted octanol–water partition coefficient (Wildman–Crippen LogP) is 3.87. The molecule has 1 aromatic heterocycles. The number of carbonyl (C=O) groups excluding carboxylic acids is 1. The number of methoxy groups -OCH3 is 1. The summed E-state index contributed by atoms with van der Waals surface area (Å²) < 4.78 is 15.8. The van der Waals surface area contributed by atoms with Crippen LogP contribution in [0.4, 0.5) is 5.69 Å². The van der Waals surface area contributed by atoms with Crippen LogP contribution in [-0.4, -0.2) is 23.2 Å². The molecule has 26 heavy (non-hydrogen) atoms. The molecule has 0 bridgehead atoms. The van der Waals surface area contributed by atoms with Crippen molar-refractivity contribution in [2.24, 2.45) is 0 Å². The Morgan fingerprint density at radius 3 is 2.77 bits per heavy atom. The van der Waals surface area contributed by atoms with E-state index in [4.69, 9.17) is 25.6 Å². The highest BCUT2D eigenvalue weighted by Crippen LogP contribution is 2.29. The number of aryl methyl sites for hydroxylation is 1. The molecule has 0 aliphatic carbocycles. The first-order chi connectivity index (χ1) is 12.6. The smallest absolute Gasteiger partial charge is 0.259 e. The molecule has 8 heteroatoms. The van der Waals surface area contributed by atoms with Gasteiger partial charge in [-0.05, 0) is 30.3 Å². The van der Waals surface area contributed by atoms with Gasteiger partial charge in [-0.2, -0.15) is 4.98 Å². The summed E-state index contributed by atoms with van der Waals surface area (Å²) in [5.41, 5.74) is 0.823. The van der Waals surface area contributed by atoms with Gasteiger partial charge in [0.1, 0.15) is 11.5 Å². The average Bonchev–Trinajstić information content (AvgIpc) is 3.06. The molecule has 1 N–H and O–H groups in total. The molecule has 134 valence electrons. The standard InChI is InChI=1S/C18H16ClN3O4/c1-11-20-17(22-26-11)10-25-15-6-4-3-5-13(15)18(23)21-14-9-12(19)7-8-16(14)24-2/h3-9H,10H2,1-2H3,(H,21,23). The quantitative estimate of drug-likeness (QED) is 0.705. The third-order valence-corrected chi connectivity index (χ3v) is 3.70. The minimum absolute atomic E-state index is 0.0854. The fourth-order valence-corrected chi connectivity index (χ4v) is 2.46. The van der Waals surface area contributed by atoms with E-state index in [0.717, 1.165) is 0 Å². The molecule has 0 unspecified atom stereocenters. The van der Waals surface area contributed by atoms with Crippen molar-refractivity contribution in [1.82, 2.24) is 10.1 Å². The molecule has 0 radical (unpaired) electrons. The molecule has 0 atom stereocenters. The van der Waals surface area contributed by atoms with E-state index < -0.39 is 0 Å². The fraction of sp³-hybridized carbons (Fsp3) is 0.167. The Labute approximate surface area is 154 Å². The van der Waals surface area contributed by atoms with Gasteiger partial charge in [-0.1, -0.05) is 28.9 Å². The number of anilines is 1. The predicted molar refractivity (Wildman–Crippen MR) is 95.8 cm³/mol. The van der Waals surface area contributed by atoms with Gasteiger partial charge in [-0.3, -0.25) is 4.79 Å². The lowest BCUT2D eigenvalue weighted by molar-refractivity contribution is 0.102. The second kappa shape index (κ2) is 7.88. The number of hydrogen-bond acceptors (Lipinski definition) is 6. The molecule has 1 heterocycles. The summed E-state index contributed by atoms with van der Waals surface area (Å²) in [5, 5.41) is 7.03. The Morgan fingerprint density at radius 1 is 1.23 bits per heavy atom. The van der Waals surface area contributed by atoms with Crippen LogP contribution in [0.1, 0.15) is 22.1 Å². The van der Waals surface area contributed by atoms with Crippen LogP contribution in [0, 0.1) is 6.92 Å². The summed E-state index contributed by atoms with van der Waals surface area (Å²) in [6, 6.07) is 11.8. The zero-order chi connectivity index (χ0) is 18.5. The van der Waals surface area contributed by atoms with E-state index in [1.165, 1.54) is 7.11 Å². The Kier molecular flexibility index (Phi) is 5.38. The first-order valence-electron chi connectivity index (χ1n) is 7.72. The van der Waals surface area contributed by atoms with Crippen molar-refractivity contribution in [3.63, 3.8) is 0 Å². The highest BCUT2D eigenvalue weighted by molar-refractivity contribution is 6.31. The van der Waals surface area contributed by atoms with Crippen molar-refractivity contribution >= 4 is 23.2 Å². The first kappa shape index (κ1) is 17.8. The zero-order valence-electron chi connectivity index (χ0n) is 14.2. The number of benzene rings is 2. The number of halogens is 1. The Bertz CT molecular complexity index is 926. The van der Waals surface area contributed by atoms with Crippen molar-refractivity contribution in [3.8, 4) is 11.5 Å². The lowest BCUT2D eigenvalue weighted by Gasteiger charge is -2.13. The molecule has 0 saturated carbocycles. The SMILES string of the molecule is COc1ccc(Cl)cc1NC(=O)c1ccccc1OCc1noc(C)n1. The molecular formula is C18H16ClN3O4. The normalized spacial score (nSPS) is 10.4. The molecule has 3 aromatic rings. The van der Waals surface area contributed by atoms with Crippen molar-refractivity contribution in [2.45, 2.75) is 13.5 Å². The van der Waals surface area contributed by atoms with Gasteiger partial charge < -0.3 is 19.3 Å². The van der Waals surface area contributed by atoms with Crippen LogP contribution < -0.4 is 14.8 Å². The van der Waals surface area contributed by atoms with Crippen LogP contribution in [0.2, 0.25) is 5.02 Å². The molecule has 0 aliphatic heterocycles. The number of carbonyl (C=O) groups is 1. The van der Waals surface area contributed by atoms with Crippen LogP contribution in [0.15, 0.2) is 47.0 Å². The maximum atomic E-state index is 12.7. The summed E-state index contributed by atoms with van der Waals surface area (Å²) >= 11 is 6.00. The minimum atomic E-state index is -0.356. The van der Waals surface area contributed by atoms with Gasteiger partial charge in [-0.15, -0.1) is 0 Å². The largest absolute Gasteiger partial charge is 0.495 e. The van der Waals surface area contributed by atoms with Gasteiger partial charge in [-0.25, -0.2) is 0 Å². The van der Waals surface area contributed by atoms with E-state index >= 15 is 0 Å². The van der Waals surface area contributed by atoms with Crippen molar-refractivity contribution < 1.29 is 18.8 Å². The second-order valence-electron chi connectivity index (χ2n) is 5.31. The molecule has 0 fully saturated rings. The summed E-state index contributed by atoms with van der Waals surface area (Å²) in [6.45, 7) is 1.78. The van der Waals surface area contributed by atoms with Crippen molar-refractivity contribution in [2.75, 3.05) is 12.4 Å². The summed E-state index contributed by atoms with van der Waals surface area (Å²) in [6.07, 6.45) is 0. The summed E-state index contributed by atoms with van der Waals surface area (Å²) in [4.78, 5) is 16.8. The van der Waals surface area contributed by atoms with Gasteiger partial charge in [0, 0.05) is 11.9 Å². The molecule has 0 saturated heterocycles. The van der Waals surface area contributed by atoms with Crippen LogP contribution in [0.25, 0.3) is 0 Å². The second-order valence-corrected chi connectivity index (χ2v) is 5.75. The van der Waals surface area contributed by atoms with E-state index in [0.29, 0.717) is 39.5 Å². The van der Waals surface area contributed by atoms with Crippen molar-refractivity contribution in [3.05, 3.63) is 64.8 Å². The average molecular weight is 374 g/mol. The maximum absolute atomic E-state index is 12.7. The third kappa shape index (κ3) is 4.12. The molecule has 0 spiro atoms. The Hall–Kier alpha value is -3.06.